The molecule has 0 aliphatic carbocycles. The van der Waals surface area contributed by atoms with Crippen molar-refractivity contribution in [2.45, 2.75) is 0 Å². The molecule has 0 fully saturated rings. The molecule has 5 rings (SSSR count). The molecule has 37 heavy (non-hydrogen) atoms. The van der Waals surface area contributed by atoms with Gasteiger partial charge in [-0.05, 0) is 62.4 Å². The van der Waals surface area contributed by atoms with E-state index in [-0.39, 0.29) is 92.6 Å². The summed E-state index contributed by atoms with van der Waals surface area (Å²) in [5.74, 6) is -0.733. The van der Waals surface area contributed by atoms with Gasteiger partial charge in [-0.25, -0.2) is 16.8 Å². The van der Waals surface area contributed by atoms with Crippen molar-refractivity contribution in [1.29, 1.82) is 0 Å². The predicted molar refractivity (Wildman–Crippen MR) is 135 cm³/mol. The minimum Gasteiger partial charge on any atom is -0.716 e. The van der Waals surface area contributed by atoms with Gasteiger partial charge in [0.05, 0.1) is 11.2 Å². The Hall–Kier alpha value is -0.680. The molecule has 5 aromatic rings. The molecule has 0 aliphatic heterocycles. The van der Waals surface area contributed by atoms with Crippen molar-refractivity contribution in [1.82, 2.24) is 4.98 Å². The smallest absolute Gasteiger partial charge is 0.716 e. The molecule has 0 spiro atoms. The Labute approximate surface area is 272 Å². The third-order valence-electron chi connectivity index (χ3n) is 5.25. The fraction of sp³-hybridized carbons (Fsp3) is 0. The van der Waals surface area contributed by atoms with Gasteiger partial charge in [0.25, 0.3) is 20.8 Å². The van der Waals surface area contributed by atoms with Gasteiger partial charge in [-0.15, -0.1) is 0 Å². The van der Waals surface area contributed by atoms with Gasteiger partial charge in [0.2, 0.25) is 0 Å². The van der Waals surface area contributed by atoms with E-state index in [2.05, 4.69) is 36.8 Å². The average Bonchev–Trinajstić information content (AvgIpc) is 3.08. The third kappa shape index (κ3) is 6.56. The van der Waals surface area contributed by atoms with Crippen LogP contribution in [0.15, 0.2) is 69.6 Å². The molecule has 0 atom stereocenters. The van der Waals surface area contributed by atoms with Crippen molar-refractivity contribution in [3.05, 3.63) is 69.6 Å². The molecule has 15 heteroatoms. The van der Waals surface area contributed by atoms with Crippen LogP contribution < -0.4 is 67.5 Å². The number of fused-ring (bicyclic) bond motifs is 3. The minimum absolute atomic E-state index is 0. The summed E-state index contributed by atoms with van der Waals surface area (Å²) in [6.07, 6.45) is 0. The molecule has 0 saturated carbocycles. The normalized spacial score (nSPS) is 11.8. The summed E-state index contributed by atoms with van der Waals surface area (Å²) in [6.45, 7) is 0. The topological polar surface area (TPSA) is 149 Å². The van der Waals surface area contributed by atoms with Crippen LogP contribution in [0.1, 0.15) is 0 Å². The van der Waals surface area contributed by atoms with Gasteiger partial charge in [0.15, 0.2) is 11.5 Å². The van der Waals surface area contributed by atoms with E-state index in [1.807, 2.05) is 12.1 Å². The van der Waals surface area contributed by atoms with Gasteiger partial charge in [-0.2, -0.15) is 0 Å². The Bertz CT molecular complexity index is 1890. The minimum atomic E-state index is -5.25. The molecule has 1 N–H and O–H groups in total. The zero-order valence-electron chi connectivity index (χ0n) is 19.1. The van der Waals surface area contributed by atoms with Crippen molar-refractivity contribution >= 4 is 85.1 Å². The molecule has 9 nitrogen and oxygen atoms in total. The Kier molecular flexibility index (Phi) is 9.54. The maximum Gasteiger partial charge on any atom is 1.00 e. The van der Waals surface area contributed by atoms with Crippen LogP contribution in [-0.4, -0.2) is 30.9 Å². The molecule has 4 aromatic carbocycles. The Morgan fingerprint density at radius 2 is 1.30 bits per heavy atom. The number of rotatable bonds is 5. The zero-order chi connectivity index (χ0) is 25.1. The summed E-state index contributed by atoms with van der Waals surface area (Å²) >= 11 is 6.66. The monoisotopic (exact) mass is 685 g/mol. The van der Waals surface area contributed by atoms with E-state index in [9.17, 15) is 25.9 Å². The summed E-state index contributed by atoms with van der Waals surface area (Å²) in [6, 6.07) is 17.0. The number of hydrogen-bond acceptors (Lipinski definition) is 8. The first-order valence-corrected chi connectivity index (χ1v) is 13.9. The predicted octanol–water partition coefficient (Wildman–Crippen LogP) is -0.648. The molecule has 0 amide bonds. The fourth-order valence-electron chi connectivity index (χ4n) is 3.95. The number of H-pyrrole nitrogens is 1. The molecule has 0 saturated heterocycles. The molecule has 180 valence electrons. The number of aromatic amines is 1. The van der Waals surface area contributed by atoms with Crippen LogP contribution in [0.25, 0.3) is 43.7 Å². The summed E-state index contributed by atoms with van der Waals surface area (Å²) in [5.41, 5.74) is 0.272. The van der Waals surface area contributed by atoms with Gasteiger partial charge < -0.3 is 22.5 Å². The fourth-order valence-corrected chi connectivity index (χ4v) is 6.03. The third-order valence-corrected chi connectivity index (χ3v) is 7.08. The largest absolute Gasteiger partial charge is 1.00 e. The van der Waals surface area contributed by atoms with Gasteiger partial charge in [-0.3, -0.25) is 0 Å². The summed E-state index contributed by atoms with van der Waals surface area (Å²) in [5, 5.41) is 2.65. The second-order valence-electron chi connectivity index (χ2n) is 7.49. The van der Waals surface area contributed by atoms with Crippen LogP contribution in [0.3, 0.4) is 0 Å². The van der Waals surface area contributed by atoms with E-state index in [1.165, 1.54) is 12.1 Å². The van der Waals surface area contributed by atoms with Crippen LogP contribution in [0.5, 0.6) is 11.5 Å². The number of aromatic nitrogens is 1. The quantitative estimate of drug-likeness (QED) is 0.111. The Morgan fingerprint density at radius 1 is 0.703 bits per heavy atom. The van der Waals surface area contributed by atoms with Crippen molar-refractivity contribution < 1.29 is 93.4 Å². The van der Waals surface area contributed by atoms with Crippen LogP contribution in [0.4, 0.5) is 0 Å². The molecular formula is C22H11Br2NNa2O8S2. The van der Waals surface area contributed by atoms with Crippen LogP contribution >= 0.6 is 31.9 Å². The Balaban J connectivity index is 0.00000190. The molecule has 0 unspecified atom stereocenters. The first-order valence-electron chi connectivity index (χ1n) is 9.67. The summed E-state index contributed by atoms with van der Waals surface area (Å²) in [7, 11) is -10.5. The van der Waals surface area contributed by atoms with E-state index in [0.29, 0.717) is 19.8 Å². The second kappa shape index (κ2) is 11.4. The molecule has 0 radical (unpaired) electrons. The molecule has 1 aromatic heterocycles. The van der Waals surface area contributed by atoms with Gasteiger partial charge in [-0.1, -0.05) is 46.3 Å². The van der Waals surface area contributed by atoms with Crippen LogP contribution in [-0.2, 0) is 20.8 Å². The van der Waals surface area contributed by atoms with Crippen molar-refractivity contribution in [2.75, 3.05) is 0 Å². The van der Waals surface area contributed by atoms with E-state index in [1.54, 1.807) is 36.4 Å². The van der Waals surface area contributed by atoms with Crippen LogP contribution in [0, 0.1) is 0 Å². The van der Waals surface area contributed by atoms with Gasteiger partial charge in [0, 0.05) is 25.3 Å². The first kappa shape index (κ1) is 30.9. The Morgan fingerprint density at radius 3 is 1.92 bits per heavy atom. The SMILES string of the molecule is O=S(=O)([O-])Oc1c(-c2[nH]c3c(Br)cc(Br)cc3c2OS(=O)(=O)[O-])ccc2cc3ccccc3cc12.[Na+].[Na+]. The van der Waals surface area contributed by atoms with Crippen LogP contribution in [0.2, 0.25) is 0 Å². The van der Waals surface area contributed by atoms with Gasteiger partial charge in [0.1, 0.15) is 0 Å². The summed E-state index contributed by atoms with van der Waals surface area (Å²) < 4.78 is 80.5. The van der Waals surface area contributed by atoms with Crippen molar-refractivity contribution in [3.63, 3.8) is 0 Å². The van der Waals surface area contributed by atoms with E-state index in [4.69, 9.17) is 8.37 Å². The number of nitrogens with one attached hydrogen (secondary N) is 1. The first-order chi connectivity index (χ1) is 16.4. The van der Waals surface area contributed by atoms with E-state index < -0.39 is 20.8 Å². The second-order valence-corrected chi connectivity index (χ2v) is 11.2. The standard InChI is InChI=1S/C22H13Br2NO8S2.2Na/c23-14-9-17-19(18(24)10-14)25-20(22(17)33-35(29,30)31)15-6-5-13-7-11-3-1-2-4-12(11)8-16(13)21(15)32-34(26,27)28;;/h1-10,25H,(H,26,27,28)(H,29,30,31);;/q;2*+1/p-2. The molecule has 0 bridgehead atoms. The van der Waals surface area contributed by atoms with Gasteiger partial charge >= 0.3 is 59.1 Å². The van der Waals surface area contributed by atoms with Crippen molar-refractivity contribution in [2.24, 2.45) is 0 Å². The number of benzene rings is 4. The number of hydrogen-bond donors (Lipinski definition) is 1. The average molecular weight is 687 g/mol. The maximum atomic E-state index is 11.7. The maximum absolute atomic E-state index is 11.7. The molecule has 1 heterocycles. The molecular weight excluding hydrogens is 676 g/mol. The zero-order valence-corrected chi connectivity index (χ0v) is 27.9. The number of halogens is 2. The molecule has 0 aliphatic rings. The van der Waals surface area contributed by atoms with E-state index >= 15 is 0 Å². The summed E-state index contributed by atoms with van der Waals surface area (Å²) in [4.78, 5) is 2.95. The van der Waals surface area contributed by atoms with E-state index in [0.717, 1.165) is 10.8 Å². The van der Waals surface area contributed by atoms with Crippen molar-refractivity contribution in [3.8, 4) is 22.8 Å².